The van der Waals surface area contributed by atoms with E-state index in [1.54, 1.807) is 48.5 Å². The Labute approximate surface area is 259 Å². The molecule has 13 heteroatoms. The molecule has 5 rings (SSSR count). The van der Waals surface area contributed by atoms with Crippen LogP contribution in [-0.2, 0) is 15.3 Å². The SMILES string of the molecule is O=C1C(=O)N(c2nnc(SCc3ccc(Cl)cc3Cl)s2)C(c2ccc(Cl)cc2Cl)/C1=C(/O)c1ccc(Br)cc1. The van der Waals surface area contributed by atoms with E-state index in [4.69, 9.17) is 46.4 Å². The van der Waals surface area contributed by atoms with E-state index in [-0.39, 0.29) is 21.5 Å². The van der Waals surface area contributed by atoms with Crippen molar-refractivity contribution >= 4 is 108 Å². The number of aliphatic hydroxyl groups excluding tert-OH is 1. The molecule has 0 bridgehead atoms. The molecular formula is C26H14BrCl4N3O3S2. The molecule has 0 aliphatic carbocycles. The average Bonchev–Trinajstić information content (AvgIpc) is 3.46. The van der Waals surface area contributed by atoms with Crippen molar-refractivity contribution in [2.45, 2.75) is 16.1 Å². The van der Waals surface area contributed by atoms with Crippen LogP contribution in [-0.4, -0.2) is 27.0 Å². The van der Waals surface area contributed by atoms with Crippen molar-refractivity contribution in [3.63, 3.8) is 0 Å². The number of aliphatic hydroxyl groups is 1. The minimum Gasteiger partial charge on any atom is -0.507 e. The number of Topliss-reactive ketones (excluding diaryl/α,β-unsaturated/α-hetero) is 1. The number of carbonyl (C=O) groups excluding carboxylic acids is 2. The monoisotopic (exact) mass is 699 g/mol. The summed E-state index contributed by atoms with van der Waals surface area (Å²) in [6.45, 7) is 0. The van der Waals surface area contributed by atoms with Crippen molar-refractivity contribution in [2.75, 3.05) is 4.90 Å². The van der Waals surface area contributed by atoms with E-state index >= 15 is 0 Å². The number of aromatic nitrogens is 2. The van der Waals surface area contributed by atoms with Crippen LogP contribution in [0.25, 0.3) is 5.76 Å². The second-order valence-corrected chi connectivity index (χ2v) is 13.0. The molecule has 0 radical (unpaired) electrons. The third-order valence-corrected chi connectivity index (χ3v) is 9.57. The lowest BCUT2D eigenvalue weighted by Gasteiger charge is -2.23. The van der Waals surface area contributed by atoms with Crippen LogP contribution in [0, 0.1) is 0 Å². The molecule has 1 N–H and O–H groups in total. The lowest BCUT2D eigenvalue weighted by Crippen LogP contribution is -2.29. The minimum atomic E-state index is -1.06. The zero-order valence-electron chi connectivity index (χ0n) is 19.4. The highest BCUT2D eigenvalue weighted by molar-refractivity contribution is 9.10. The molecule has 4 aromatic rings. The summed E-state index contributed by atoms with van der Waals surface area (Å²) in [7, 11) is 0. The number of thioether (sulfide) groups is 1. The molecule has 1 saturated heterocycles. The maximum Gasteiger partial charge on any atom is 0.301 e. The Bertz CT molecular complexity index is 1650. The van der Waals surface area contributed by atoms with Crippen molar-refractivity contribution < 1.29 is 14.7 Å². The van der Waals surface area contributed by atoms with E-state index in [0.29, 0.717) is 36.3 Å². The van der Waals surface area contributed by atoms with Gasteiger partial charge >= 0.3 is 5.91 Å². The summed E-state index contributed by atoms with van der Waals surface area (Å²) < 4.78 is 1.34. The molecule has 39 heavy (non-hydrogen) atoms. The molecule has 2 heterocycles. The van der Waals surface area contributed by atoms with Gasteiger partial charge in [0.2, 0.25) is 5.13 Å². The summed E-state index contributed by atoms with van der Waals surface area (Å²) in [5, 5.41) is 21.5. The molecule has 1 aliphatic heterocycles. The van der Waals surface area contributed by atoms with Gasteiger partial charge in [0.1, 0.15) is 5.76 Å². The predicted molar refractivity (Wildman–Crippen MR) is 161 cm³/mol. The fraction of sp³-hybridized carbons (Fsp3) is 0.0769. The van der Waals surface area contributed by atoms with Gasteiger partial charge in [0.05, 0.1) is 11.6 Å². The first-order valence-electron chi connectivity index (χ1n) is 11.1. The molecule has 0 saturated carbocycles. The van der Waals surface area contributed by atoms with E-state index in [1.807, 2.05) is 6.07 Å². The van der Waals surface area contributed by atoms with Crippen molar-refractivity contribution in [3.05, 3.63) is 107 Å². The topological polar surface area (TPSA) is 83.4 Å². The van der Waals surface area contributed by atoms with Crippen LogP contribution in [0.3, 0.4) is 0 Å². The molecule has 1 fully saturated rings. The Hall–Kier alpha value is -2.11. The maximum atomic E-state index is 13.4. The highest BCUT2D eigenvalue weighted by Gasteiger charge is 2.49. The summed E-state index contributed by atoms with van der Waals surface area (Å²) in [5.74, 6) is -1.59. The van der Waals surface area contributed by atoms with E-state index in [9.17, 15) is 14.7 Å². The highest BCUT2D eigenvalue weighted by atomic mass is 79.9. The quantitative estimate of drug-likeness (QED) is 0.0711. The van der Waals surface area contributed by atoms with Crippen LogP contribution in [0.4, 0.5) is 5.13 Å². The summed E-state index contributed by atoms with van der Waals surface area (Å²) in [6, 6.07) is 15.6. The van der Waals surface area contributed by atoms with Gasteiger partial charge in [-0.15, -0.1) is 10.2 Å². The van der Waals surface area contributed by atoms with Crippen molar-refractivity contribution in [1.82, 2.24) is 10.2 Å². The van der Waals surface area contributed by atoms with Gasteiger partial charge in [-0.1, -0.05) is 110 Å². The maximum absolute atomic E-state index is 13.4. The van der Waals surface area contributed by atoms with Crippen LogP contribution >= 0.6 is 85.4 Å². The number of ketones is 1. The number of amides is 1. The number of hydrogen-bond donors (Lipinski definition) is 1. The third kappa shape index (κ3) is 5.86. The summed E-state index contributed by atoms with van der Waals surface area (Å²) in [5.41, 5.74) is 1.49. The smallest absolute Gasteiger partial charge is 0.301 e. The standard InChI is InChI=1S/C26H14BrCl4N3O3S2/c27-14-4-1-12(2-5-14)22(35)20-21(17-8-7-16(29)10-19(17)31)34(24(37)23(20)36)25-32-33-26(39-25)38-11-13-3-6-15(28)9-18(13)30/h1-10,21,35H,11H2/b22-20-. The molecule has 198 valence electrons. The molecule has 6 nitrogen and oxygen atoms in total. The van der Waals surface area contributed by atoms with Gasteiger partial charge in [-0.25, -0.2) is 0 Å². The molecule has 0 spiro atoms. The van der Waals surface area contributed by atoms with Gasteiger partial charge in [-0.05, 0) is 47.5 Å². The zero-order chi connectivity index (χ0) is 27.8. The van der Waals surface area contributed by atoms with Crippen molar-refractivity contribution in [2.24, 2.45) is 0 Å². The van der Waals surface area contributed by atoms with E-state index in [1.165, 1.54) is 22.7 Å². The van der Waals surface area contributed by atoms with E-state index < -0.39 is 17.7 Å². The Kier molecular flexibility index (Phi) is 8.59. The Morgan fingerprint density at radius 2 is 1.62 bits per heavy atom. The summed E-state index contributed by atoms with van der Waals surface area (Å²) in [6.07, 6.45) is 0. The van der Waals surface area contributed by atoms with Gasteiger partial charge in [0, 0.05) is 35.9 Å². The van der Waals surface area contributed by atoms with Crippen molar-refractivity contribution in [3.8, 4) is 0 Å². The number of carbonyl (C=O) groups is 2. The van der Waals surface area contributed by atoms with Gasteiger partial charge < -0.3 is 5.11 Å². The van der Waals surface area contributed by atoms with Crippen LogP contribution in [0.5, 0.6) is 0 Å². The molecule has 1 unspecified atom stereocenters. The second-order valence-electron chi connectivity index (χ2n) is 8.22. The lowest BCUT2D eigenvalue weighted by molar-refractivity contribution is -0.132. The molecule has 1 amide bonds. The number of halogens is 5. The first-order valence-corrected chi connectivity index (χ1v) is 15.2. The van der Waals surface area contributed by atoms with Crippen LogP contribution in [0.2, 0.25) is 20.1 Å². The number of nitrogens with zero attached hydrogens (tertiary/aromatic N) is 3. The van der Waals surface area contributed by atoms with Gasteiger partial charge in [-0.3, -0.25) is 14.5 Å². The van der Waals surface area contributed by atoms with Crippen LogP contribution in [0.1, 0.15) is 22.7 Å². The minimum absolute atomic E-state index is 0.121. The fourth-order valence-electron chi connectivity index (χ4n) is 3.95. The number of hydrogen-bond acceptors (Lipinski definition) is 7. The Balaban J connectivity index is 1.55. The van der Waals surface area contributed by atoms with E-state index in [2.05, 4.69) is 26.1 Å². The molecule has 3 aromatic carbocycles. The predicted octanol–water partition coefficient (Wildman–Crippen LogP) is 8.83. The normalized spacial score (nSPS) is 16.7. The van der Waals surface area contributed by atoms with Gasteiger partial charge in [-0.2, -0.15) is 0 Å². The number of rotatable bonds is 6. The first kappa shape index (κ1) is 28.4. The first-order chi connectivity index (χ1) is 18.6. The molecule has 1 aliphatic rings. The number of anilines is 1. The third-order valence-electron chi connectivity index (χ3n) is 5.79. The van der Waals surface area contributed by atoms with E-state index in [0.717, 1.165) is 21.4 Å². The Morgan fingerprint density at radius 1 is 0.949 bits per heavy atom. The van der Waals surface area contributed by atoms with Crippen molar-refractivity contribution in [1.29, 1.82) is 0 Å². The summed E-state index contributed by atoms with van der Waals surface area (Å²) in [4.78, 5) is 28.0. The molecule has 1 atom stereocenters. The second kappa shape index (κ2) is 11.8. The highest BCUT2D eigenvalue weighted by Crippen LogP contribution is 2.46. The van der Waals surface area contributed by atoms with Gasteiger partial charge in [0.25, 0.3) is 5.78 Å². The zero-order valence-corrected chi connectivity index (χ0v) is 25.6. The Morgan fingerprint density at radius 3 is 2.28 bits per heavy atom. The number of benzene rings is 3. The largest absolute Gasteiger partial charge is 0.507 e. The molecule has 1 aromatic heterocycles. The fourth-order valence-corrected chi connectivity index (χ4v) is 7.15. The lowest BCUT2D eigenvalue weighted by atomic mass is 9.95. The average molecular weight is 702 g/mol. The molecular weight excluding hydrogens is 688 g/mol. The van der Waals surface area contributed by atoms with Crippen LogP contribution in [0.15, 0.2) is 75.0 Å². The van der Waals surface area contributed by atoms with Crippen LogP contribution < -0.4 is 4.90 Å². The summed E-state index contributed by atoms with van der Waals surface area (Å²) >= 11 is 30.8. The van der Waals surface area contributed by atoms with Gasteiger partial charge in [0.15, 0.2) is 4.34 Å².